The van der Waals surface area contributed by atoms with Crippen LogP contribution in [0.5, 0.6) is 5.75 Å². The van der Waals surface area contributed by atoms with Gasteiger partial charge in [0.05, 0.1) is 12.8 Å². The van der Waals surface area contributed by atoms with Gasteiger partial charge in [-0.05, 0) is 60.5 Å². The number of ether oxygens (including phenoxy) is 1. The number of likely N-dealkylation sites (tertiary alicyclic amines) is 1. The van der Waals surface area contributed by atoms with Crippen molar-refractivity contribution in [3.63, 3.8) is 0 Å². The van der Waals surface area contributed by atoms with Crippen molar-refractivity contribution in [2.24, 2.45) is 0 Å². The van der Waals surface area contributed by atoms with Crippen molar-refractivity contribution in [3.05, 3.63) is 70.4 Å². The quantitative estimate of drug-likeness (QED) is 0.479. The predicted molar refractivity (Wildman–Crippen MR) is 118 cm³/mol. The maximum atomic E-state index is 12.5. The van der Waals surface area contributed by atoms with Crippen LogP contribution in [0.1, 0.15) is 30.1 Å². The van der Waals surface area contributed by atoms with E-state index in [-0.39, 0.29) is 11.6 Å². The second kappa shape index (κ2) is 8.75. The zero-order valence-electron chi connectivity index (χ0n) is 17.7. The lowest BCUT2D eigenvalue weighted by atomic mass is 9.97. The molecule has 1 saturated heterocycles. The van der Waals surface area contributed by atoms with Crippen molar-refractivity contribution < 1.29 is 4.74 Å². The third kappa shape index (κ3) is 4.17. The molecule has 0 saturated carbocycles. The van der Waals surface area contributed by atoms with Gasteiger partial charge in [0.2, 0.25) is 5.82 Å². The average molecular weight is 432 g/mol. The van der Waals surface area contributed by atoms with E-state index < -0.39 is 0 Å². The van der Waals surface area contributed by atoms with E-state index in [0.717, 1.165) is 49.6 Å². The molecule has 0 spiro atoms. The normalized spacial score (nSPS) is 16.8. The number of aromatic amines is 2. The standard InChI is InChI=1S/C22H24N8O2/c1-32-19-9-7-18(8-10-19)30-22(31)23-20(26-30)17-6-3-11-29(14-17)13-15-4-2-5-16(12-15)21-24-27-28-25-21/h2,4-5,7-10,12,17H,3,6,11,13-14H2,1H3,(H,23,26,31)(H,24,25,27,28)/t17-/m0/s1. The fourth-order valence-corrected chi connectivity index (χ4v) is 4.20. The molecule has 2 aromatic carbocycles. The lowest BCUT2D eigenvalue weighted by Crippen LogP contribution is -2.34. The third-order valence-electron chi connectivity index (χ3n) is 5.78. The van der Waals surface area contributed by atoms with E-state index in [1.54, 1.807) is 7.11 Å². The number of tetrazole rings is 1. The van der Waals surface area contributed by atoms with Crippen LogP contribution in [0.4, 0.5) is 0 Å². The molecule has 3 heterocycles. The predicted octanol–water partition coefficient (Wildman–Crippen LogP) is 2.13. The topological polar surface area (TPSA) is 118 Å². The molecule has 0 unspecified atom stereocenters. The zero-order valence-corrected chi connectivity index (χ0v) is 17.7. The number of methoxy groups -OCH3 is 1. The van der Waals surface area contributed by atoms with Gasteiger partial charge in [0.15, 0.2) is 0 Å². The Morgan fingerprint density at radius 2 is 2.06 bits per heavy atom. The molecule has 1 atom stereocenters. The molecule has 5 rings (SSSR count). The molecule has 1 aliphatic heterocycles. The molecule has 2 aromatic heterocycles. The second-order valence-corrected chi connectivity index (χ2v) is 7.94. The molecule has 2 N–H and O–H groups in total. The molecule has 0 amide bonds. The summed E-state index contributed by atoms with van der Waals surface area (Å²) in [5.74, 6) is 2.24. The SMILES string of the molecule is COc1ccc(-n2nc([C@H]3CCCN(Cc4cccc(-c5nn[nH]n5)c4)C3)[nH]c2=O)cc1. The largest absolute Gasteiger partial charge is 0.497 e. The van der Waals surface area contributed by atoms with E-state index in [1.165, 1.54) is 10.2 Å². The number of benzene rings is 2. The number of nitrogens with one attached hydrogen (secondary N) is 2. The van der Waals surface area contributed by atoms with Crippen molar-refractivity contribution in [2.75, 3.05) is 20.2 Å². The van der Waals surface area contributed by atoms with E-state index in [4.69, 9.17) is 4.74 Å². The van der Waals surface area contributed by atoms with Gasteiger partial charge in [-0.2, -0.15) is 9.90 Å². The fourth-order valence-electron chi connectivity index (χ4n) is 4.20. The molecular weight excluding hydrogens is 408 g/mol. The van der Waals surface area contributed by atoms with Gasteiger partial charge in [-0.1, -0.05) is 18.2 Å². The summed E-state index contributed by atoms with van der Waals surface area (Å²) in [4.78, 5) is 17.9. The van der Waals surface area contributed by atoms with Crippen LogP contribution >= 0.6 is 0 Å². The van der Waals surface area contributed by atoms with Crippen LogP contribution in [-0.4, -0.2) is 60.5 Å². The lowest BCUT2D eigenvalue weighted by Gasteiger charge is -2.31. The van der Waals surface area contributed by atoms with E-state index in [0.29, 0.717) is 11.5 Å². The highest BCUT2D eigenvalue weighted by molar-refractivity contribution is 5.54. The van der Waals surface area contributed by atoms with Crippen molar-refractivity contribution in [2.45, 2.75) is 25.3 Å². The molecule has 0 aliphatic carbocycles. The Labute approximate surface area is 184 Å². The Hall–Kier alpha value is -3.79. The highest BCUT2D eigenvalue weighted by Gasteiger charge is 2.25. The number of hydrogen-bond acceptors (Lipinski definition) is 7. The molecule has 10 heteroatoms. The molecule has 32 heavy (non-hydrogen) atoms. The molecule has 0 bridgehead atoms. The molecule has 0 radical (unpaired) electrons. The van der Waals surface area contributed by atoms with Crippen LogP contribution in [0.25, 0.3) is 17.1 Å². The van der Waals surface area contributed by atoms with Crippen molar-refractivity contribution in [1.82, 2.24) is 40.3 Å². The Kier molecular flexibility index (Phi) is 5.51. The maximum Gasteiger partial charge on any atom is 0.348 e. The summed E-state index contributed by atoms with van der Waals surface area (Å²) in [6.45, 7) is 2.65. The second-order valence-electron chi connectivity index (χ2n) is 7.94. The van der Waals surface area contributed by atoms with Gasteiger partial charge in [0, 0.05) is 24.6 Å². The number of hydrogen-bond donors (Lipinski definition) is 2. The van der Waals surface area contributed by atoms with Crippen molar-refractivity contribution in [1.29, 1.82) is 0 Å². The van der Waals surface area contributed by atoms with Crippen LogP contribution in [0.2, 0.25) is 0 Å². The van der Waals surface area contributed by atoms with Crippen LogP contribution in [0.3, 0.4) is 0 Å². The number of H-pyrrole nitrogens is 2. The summed E-state index contributed by atoms with van der Waals surface area (Å²) >= 11 is 0. The first-order chi connectivity index (χ1) is 15.7. The third-order valence-corrected chi connectivity index (χ3v) is 5.78. The van der Waals surface area contributed by atoms with Gasteiger partial charge in [0.25, 0.3) is 0 Å². The molecule has 10 nitrogen and oxygen atoms in total. The minimum Gasteiger partial charge on any atom is -0.497 e. The lowest BCUT2D eigenvalue weighted by molar-refractivity contribution is 0.196. The van der Waals surface area contributed by atoms with Gasteiger partial charge >= 0.3 is 5.69 Å². The molecule has 164 valence electrons. The first kappa shape index (κ1) is 20.1. The minimum atomic E-state index is -0.227. The van der Waals surface area contributed by atoms with E-state index in [9.17, 15) is 4.79 Å². The fraction of sp³-hybridized carbons (Fsp3) is 0.318. The number of nitrogens with zero attached hydrogens (tertiary/aromatic N) is 6. The first-order valence-electron chi connectivity index (χ1n) is 10.6. The van der Waals surface area contributed by atoms with Crippen LogP contribution < -0.4 is 10.4 Å². The monoisotopic (exact) mass is 432 g/mol. The van der Waals surface area contributed by atoms with Gasteiger partial charge in [-0.25, -0.2) is 4.79 Å². The summed E-state index contributed by atoms with van der Waals surface area (Å²) < 4.78 is 6.61. The molecule has 1 fully saturated rings. The summed E-state index contributed by atoms with van der Waals surface area (Å²) in [5.41, 5.74) is 2.61. The Morgan fingerprint density at radius 3 is 2.84 bits per heavy atom. The maximum absolute atomic E-state index is 12.5. The molecular formula is C22H24N8O2. The summed E-state index contributed by atoms with van der Waals surface area (Å²) in [6, 6.07) is 15.5. The van der Waals surface area contributed by atoms with Crippen molar-refractivity contribution in [3.8, 4) is 22.8 Å². The van der Waals surface area contributed by atoms with Gasteiger partial charge in [-0.3, -0.25) is 9.88 Å². The number of piperidine rings is 1. The summed E-state index contributed by atoms with van der Waals surface area (Å²) in [5, 5.41) is 18.8. The first-order valence-corrected chi connectivity index (χ1v) is 10.6. The van der Waals surface area contributed by atoms with Crippen LogP contribution in [0.15, 0.2) is 53.3 Å². The van der Waals surface area contributed by atoms with E-state index in [1.807, 2.05) is 36.4 Å². The Morgan fingerprint density at radius 1 is 1.19 bits per heavy atom. The minimum absolute atomic E-state index is 0.177. The van der Waals surface area contributed by atoms with Crippen molar-refractivity contribution >= 4 is 0 Å². The Bertz CT molecular complexity index is 1230. The summed E-state index contributed by atoms with van der Waals surface area (Å²) in [6.07, 6.45) is 2.04. The summed E-state index contributed by atoms with van der Waals surface area (Å²) in [7, 11) is 1.62. The van der Waals surface area contributed by atoms with Crippen LogP contribution in [-0.2, 0) is 6.54 Å². The van der Waals surface area contributed by atoms with Gasteiger partial charge in [-0.15, -0.1) is 15.3 Å². The molecule has 1 aliphatic rings. The van der Waals surface area contributed by atoms with Gasteiger partial charge in [0.1, 0.15) is 11.6 Å². The Balaban J connectivity index is 1.30. The average Bonchev–Trinajstić information content (AvgIpc) is 3.50. The van der Waals surface area contributed by atoms with Crippen LogP contribution in [0, 0.1) is 0 Å². The number of aromatic nitrogens is 7. The highest BCUT2D eigenvalue weighted by Crippen LogP contribution is 2.26. The molecule has 4 aromatic rings. The highest BCUT2D eigenvalue weighted by atomic mass is 16.5. The number of rotatable bonds is 6. The smallest absolute Gasteiger partial charge is 0.348 e. The van der Waals surface area contributed by atoms with E-state index >= 15 is 0 Å². The van der Waals surface area contributed by atoms with Gasteiger partial charge < -0.3 is 4.74 Å². The van der Waals surface area contributed by atoms with E-state index in [2.05, 4.69) is 47.7 Å². The zero-order chi connectivity index (χ0) is 21.9.